The number of hydrogen-bond donors (Lipinski definition) is 1. The normalized spacial score (nSPS) is 16.1. The maximum atomic E-state index is 15.4. The Hall–Kier alpha value is -5.38. The van der Waals surface area contributed by atoms with E-state index < -0.39 is 28.5 Å². The fourth-order valence-electron chi connectivity index (χ4n) is 7.43. The molecule has 1 saturated heterocycles. The van der Waals surface area contributed by atoms with Gasteiger partial charge in [-0.1, -0.05) is 135 Å². The standard InChI is InChI=1S/C46H44F2N4O2S/c1-2-15-34-28-50-44(51-29-34)43(52(31-35-26-39(47)24-25-41(35)48)45(53)54-32-33-16-7-3-8-17-33)42-27-40(30-49-42)55-46(36-18-9-4-10-19-36,37-20-11-5-12-21-37)38-22-13-6-14-23-38/h3-14,16-26,28-29,40,42-43,49H,2,15,27,30-32H2,1H3/t40-,42+,43?/m1/s1. The fourth-order valence-corrected chi connectivity index (χ4v) is 9.23. The first-order valence-electron chi connectivity index (χ1n) is 18.7. The van der Waals surface area contributed by atoms with Gasteiger partial charge in [-0.25, -0.2) is 23.5 Å². The molecule has 1 aliphatic heterocycles. The van der Waals surface area contributed by atoms with Crippen LogP contribution in [0.15, 0.2) is 152 Å². The molecule has 9 heteroatoms. The first-order chi connectivity index (χ1) is 26.9. The molecule has 1 aliphatic rings. The first kappa shape index (κ1) is 37.9. The molecule has 6 aromatic rings. The molecule has 5 aromatic carbocycles. The van der Waals surface area contributed by atoms with E-state index in [1.807, 2.05) is 60.3 Å². The van der Waals surface area contributed by atoms with Crippen LogP contribution in [0.2, 0.25) is 0 Å². The lowest BCUT2D eigenvalue weighted by Crippen LogP contribution is -2.45. The molecule has 0 radical (unpaired) electrons. The van der Waals surface area contributed by atoms with E-state index in [9.17, 15) is 9.18 Å². The van der Waals surface area contributed by atoms with E-state index >= 15 is 4.39 Å². The summed E-state index contributed by atoms with van der Waals surface area (Å²) in [5, 5.41) is 3.78. The summed E-state index contributed by atoms with van der Waals surface area (Å²) in [7, 11) is 0. The van der Waals surface area contributed by atoms with Gasteiger partial charge in [-0.2, -0.15) is 0 Å². The van der Waals surface area contributed by atoms with E-state index in [1.54, 1.807) is 12.4 Å². The summed E-state index contributed by atoms with van der Waals surface area (Å²) in [5.41, 5.74) is 5.27. The van der Waals surface area contributed by atoms with Gasteiger partial charge < -0.3 is 10.1 Å². The quantitative estimate of drug-likeness (QED) is 0.112. The van der Waals surface area contributed by atoms with Crippen molar-refractivity contribution in [2.24, 2.45) is 0 Å². The van der Waals surface area contributed by atoms with Crippen molar-refractivity contribution in [2.45, 2.75) is 61.4 Å². The van der Waals surface area contributed by atoms with Gasteiger partial charge >= 0.3 is 6.09 Å². The van der Waals surface area contributed by atoms with Crippen molar-refractivity contribution in [3.8, 4) is 0 Å². The summed E-state index contributed by atoms with van der Waals surface area (Å²) < 4.78 is 35.3. The Morgan fingerprint density at radius 2 is 1.38 bits per heavy atom. The van der Waals surface area contributed by atoms with Crippen molar-refractivity contribution in [3.63, 3.8) is 0 Å². The number of aryl methyl sites for hydroxylation is 1. The van der Waals surface area contributed by atoms with Gasteiger partial charge in [-0.05, 0) is 58.9 Å². The molecule has 1 N–H and O–H groups in total. The number of carbonyl (C=O) groups excluding carboxylic acids is 1. The van der Waals surface area contributed by atoms with E-state index in [-0.39, 0.29) is 30.0 Å². The third-order valence-corrected chi connectivity index (χ3v) is 11.8. The first-order valence-corrected chi connectivity index (χ1v) is 19.6. The predicted octanol–water partition coefficient (Wildman–Crippen LogP) is 10.0. The van der Waals surface area contributed by atoms with E-state index in [0.717, 1.165) is 58.9 Å². The average Bonchev–Trinajstić information content (AvgIpc) is 3.70. The smallest absolute Gasteiger partial charge is 0.411 e. The molecule has 280 valence electrons. The Morgan fingerprint density at radius 3 is 1.95 bits per heavy atom. The van der Waals surface area contributed by atoms with Crippen LogP contribution in [-0.4, -0.2) is 38.8 Å². The van der Waals surface area contributed by atoms with Gasteiger partial charge in [0.05, 0.1) is 11.3 Å². The number of amides is 1. The molecule has 0 bridgehead atoms. The fraction of sp³-hybridized carbons (Fsp3) is 0.239. The lowest BCUT2D eigenvalue weighted by molar-refractivity contribution is 0.0665. The van der Waals surface area contributed by atoms with Crippen LogP contribution in [-0.2, 0) is 29.1 Å². The van der Waals surface area contributed by atoms with E-state index in [4.69, 9.17) is 14.7 Å². The maximum Gasteiger partial charge on any atom is 0.411 e. The Labute approximate surface area is 326 Å². The molecular formula is C46H44F2N4O2S. The maximum absolute atomic E-state index is 15.4. The van der Waals surface area contributed by atoms with Crippen LogP contribution in [0.4, 0.5) is 13.6 Å². The number of ether oxygens (including phenoxy) is 1. The minimum Gasteiger partial charge on any atom is -0.445 e. The van der Waals surface area contributed by atoms with Crippen molar-refractivity contribution in [1.82, 2.24) is 20.2 Å². The Kier molecular flexibility index (Phi) is 12.3. The molecule has 0 spiro atoms. The van der Waals surface area contributed by atoms with Crippen molar-refractivity contribution in [3.05, 3.63) is 203 Å². The summed E-state index contributed by atoms with van der Waals surface area (Å²) in [4.78, 5) is 25.4. The van der Waals surface area contributed by atoms with Crippen LogP contribution < -0.4 is 5.32 Å². The van der Waals surface area contributed by atoms with Gasteiger partial charge in [0.2, 0.25) is 0 Å². The second kappa shape index (κ2) is 17.8. The van der Waals surface area contributed by atoms with Crippen LogP contribution in [0.1, 0.15) is 65.0 Å². The molecule has 0 saturated carbocycles. The van der Waals surface area contributed by atoms with Gasteiger partial charge in [-0.3, -0.25) is 4.90 Å². The SMILES string of the molecule is CCCc1cnc(C([C@@H]2C[C@@H](SC(c3ccccc3)(c3ccccc3)c3ccccc3)CN2)N(Cc2cc(F)ccc2F)C(=O)OCc2ccccc2)nc1. The van der Waals surface area contributed by atoms with Crippen LogP contribution in [0, 0.1) is 11.6 Å². The molecule has 55 heavy (non-hydrogen) atoms. The largest absolute Gasteiger partial charge is 0.445 e. The number of nitrogens with zero attached hydrogens (tertiary/aromatic N) is 3. The van der Waals surface area contributed by atoms with E-state index in [2.05, 4.69) is 85.0 Å². The summed E-state index contributed by atoms with van der Waals surface area (Å²) in [6, 6.07) is 43.2. The predicted molar refractivity (Wildman–Crippen MR) is 214 cm³/mol. The lowest BCUT2D eigenvalue weighted by atomic mass is 9.84. The van der Waals surface area contributed by atoms with Gasteiger partial charge in [0, 0.05) is 35.8 Å². The molecule has 1 amide bonds. The Balaban J connectivity index is 1.28. The molecule has 1 fully saturated rings. The summed E-state index contributed by atoms with van der Waals surface area (Å²) >= 11 is 1.87. The number of nitrogens with one attached hydrogen (secondary N) is 1. The number of aromatic nitrogens is 2. The third kappa shape index (κ3) is 8.79. The highest BCUT2D eigenvalue weighted by atomic mass is 32.2. The van der Waals surface area contributed by atoms with E-state index in [1.165, 1.54) is 4.90 Å². The zero-order valence-electron chi connectivity index (χ0n) is 30.7. The minimum absolute atomic E-state index is 0.00907. The molecule has 0 aliphatic carbocycles. The van der Waals surface area contributed by atoms with Crippen LogP contribution in [0.5, 0.6) is 0 Å². The number of benzene rings is 5. The molecule has 1 aromatic heterocycles. The van der Waals surface area contributed by atoms with Crippen LogP contribution >= 0.6 is 11.8 Å². The molecular weight excluding hydrogens is 711 g/mol. The number of rotatable bonds is 14. The Bertz CT molecular complexity index is 2030. The monoisotopic (exact) mass is 754 g/mol. The van der Waals surface area contributed by atoms with E-state index in [0.29, 0.717) is 18.8 Å². The van der Waals surface area contributed by atoms with Crippen molar-refractivity contribution >= 4 is 17.9 Å². The highest BCUT2D eigenvalue weighted by Crippen LogP contribution is 2.52. The second-order valence-corrected chi connectivity index (χ2v) is 15.3. The average molecular weight is 755 g/mol. The van der Waals surface area contributed by atoms with Crippen LogP contribution in [0.3, 0.4) is 0 Å². The van der Waals surface area contributed by atoms with Crippen LogP contribution in [0.25, 0.3) is 0 Å². The molecule has 1 unspecified atom stereocenters. The molecule has 7 rings (SSSR count). The van der Waals surface area contributed by atoms with Gasteiger partial charge in [0.1, 0.15) is 24.3 Å². The van der Waals surface area contributed by atoms with Gasteiger partial charge in [0.25, 0.3) is 0 Å². The number of thioether (sulfide) groups is 1. The highest BCUT2D eigenvalue weighted by molar-refractivity contribution is 8.01. The second-order valence-electron chi connectivity index (χ2n) is 13.8. The zero-order valence-corrected chi connectivity index (χ0v) is 31.5. The van der Waals surface area contributed by atoms with Crippen molar-refractivity contribution in [2.75, 3.05) is 6.54 Å². The van der Waals surface area contributed by atoms with Crippen molar-refractivity contribution in [1.29, 1.82) is 0 Å². The third-order valence-electron chi connectivity index (χ3n) is 10.0. The van der Waals surface area contributed by atoms with Crippen molar-refractivity contribution < 1.29 is 18.3 Å². The number of hydrogen-bond acceptors (Lipinski definition) is 6. The summed E-state index contributed by atoms with van der Waals surface area (Å²) in [5.74, 6) is -0.816. The number of carbonyl (C=O) groups is 1. The number of halogens is 2. The Morgan fingerprint density at radius 1 is 0.818 bits per heavy atom. The summed E-state index contributed by atoms with van der Waals surface area (Å²) in [6.45, 7) is 2.47. The highest BCUT2D eigenvalue weighted by Gasteiger charge is 2.45. The minimum atomic E-state index is -0.771. The summed E-state index contributed by atoms with van der Waals surface area (Å²) in [6.07, 6.45) is 5.27. The topological polar surface area (TPSA) is 67.4 Å². The lowest BCUT2D eigenvalue weighted by Gasteiger charge is -2.38. The molecule has 3 atom stereocenters. The molecule has 6 nitrogen and oxygen atoms in total. The van der Waals surface area contributed by atoms with Gasteiger partial charge in [-0.15, -0.1) is 11.8 Å². The molecule has 2 heterocycles. The zero-order chi connectivity index (χ0) is 38.0. The van der Waals surface area contributed by atoms with Gasteiger partial charge in [0.15, 0.2) is 5.82 Å².